The molecular formula is C43H34N6O7. The lowest BCUT2D eigenvalue weighted by Gasteiger charge is -2.28. The van der Waals surface area contributed by atoms with Crippen LogP contribution in [0.5, 0.6) is 11.5 Å². The van der Waals surface area contributed by atoms with Crippen LogP contribution in [0.2, 0.25) is 0 Å². The molecular weight excluding hydrogens is 713 g/mol. The molecule has 4 aliphatic heterocycles. The van der Waals surface area contributed by atoms with Crippen molar-refractivity contribution in [3.05, 3.63) is 125 Å². The van der Waals surface area contributed by atoms with Crippen molar-refractivity contribution in [1.29, 1.82) is 0 Å². The second kappa shape index (κ2) is 11.7. The fraction of sp³-hybridized carbons (Fsp3) is 0.209. The molecule has 4 aliphatic rings. The number of amides is 2. The maximum atomic E-state index is 14.3. The zero-order chi connectivity index (χ0) is 37.9. The Balaban J connectivity index is 1.14. The van der Waals surface area contributed by atoms with Gasteiger partial charge in [0.25, 0.3) is 0 Å². The number of hydrogen-bond donors (Lipinski definition) is 5. The van der Waals surface area contributed by atoms with Crippen LogP contribution in [0.1, 0.15) is 53.8 Å². The Labute approximate surface area is 319 Å². The number of fused-ring (bicyclic) bond motifs is 7. The number of carbonyl (C=O) groups is 2. The monoisotopic (exact) mass is 746 g/mol. The molecule has 0 saturated carbocycles. The van der Waals surface area contributed by atoms with Crippen LogP contribution in [0.4, 0.5) is 10.5 Å². The van der Waals surface area contributed by atoms with Gasteiger partial charge in [0, 0.05) is 45.9 Å². The number of aromatic nitrogens is 3. The highest BCUT2D eigenvalue weighted by Gasteiger charge is 2.61. The third kappa shape index (κ3) is 4.54. The number of alkyl carbamates (subject to hydrolysis) is 1. The molecule has 1 spiro atoms. The summed E-state index contributed by atoms with van der Waals surface area (Å²) in [5, 5.41) is 21.4. The number of anilines is 1. The number of rotatable bonds is 4. The average Bonchev–Trinajstić information content (AvgIpc) is 4.03. The van der Waals surface area contributed by atoms with E-state index in [1.165, 1.54) is 0 Å². The van der Waals surface area contributed by atoms with E-state index in [-0.39, 0.29) is 36.5 Å². The molecule has 7 heterocycles. The van der Waals surface area contributed by atoms with Crippen molar-refractivity contribution in [2.24, 2.45) is 5.92 Å². The number of para-hydroxylation sites is 1. The number of oxazole rings is 2. The Kier molecular flexibility index (Phi) is 6.79. The molecule has 4 atom stereocenters. The number of carbonyl (C=O) groups excluding carboxylic acids is 2. The van der Waals surface area contributed by atoms with E-state index in [4.69, 9.17) is 28.3 Å². The molecule has 0 saturated heterocycles. The third-order valence-corrected chi connectivity index (χ3v) is 11.4. The molecule has 5 N–H and O–H groups in total. The van der Waals surface area contributed by atoms with Crippen molar-refractivity contribution < 1.29 is 33.0 Å². The predicted molar refractivity (Wildman–Crippen MR) is 204 cm³/mol. The first-order valence-electron chi connectivity index (χ1n) is 18.6. The molecule has 7 aromatic rings. The molecule has 56 heavy (non-hydrogen) atoms. The number of aromatic amines is 1. The van der Waals surface area contributed by atoms with Gasteiger partial charge in [-0.3, -0.25) is 4.79 Å². The number of phenolic OH excluding ortho intramolecular Hbond substituents is 1. The normalized spacial score (nSPS) is 21.0. The Morgan fingerprint density at radius 2 is 1.88 bits per heavy atom. The first-order valence-corrected chi connectivity index (χ1v) is 18.6. The fourth-order valence-electron chi connectivity index (χ4n) is 8.81. The summed E-state index contributed by atoms with van der Waals surface area (Å²) >= 11 is 0. The van der Waals surface area contributed by atoms with E-state index in [0.29, 0.717) is 34.0 Å². The van der Waals surface area contributed by atoms with Crippen molar-refractivity contribution >= 4 is 28.6 Å². The predicted octanol–water partition coefficient (Wildman–Crippen LogP) is 7.31. The number of nitrogens with one attached hydrogen (secondary N) is 4. The minimum atomic E-state index is -1.11. The van der Waals surface area contributed by atoms with Crippen LogP contribution >= 0.6 is 0 Å². The summed E-state index contributed by atoms with van der Waals surface area (Å²) in [7, 11) is 0. The smallest absolute Gasteiger partial charge is 0.408 e. The molecule has 0 fully saturated rings. The number of aromatic hydroxyl groups is 1. The third-order valence-electron chi connectivity index (χ3n) is 11.4. The van der Waals surface area contributed by atoms with Gasteiger partial charge >= 0.3 is 6.09 Å². The zero-order valence-corrected chi connectivity index (χ0v) is 30.2. The lowest BCUT2D eigenvalue weighted by atomic mass is 9.72. The van der Waals surface area contributed by atoms with Crippen LogP contribution in [-0.4, -0.2) is 44.3 Å². The maximum Gasteiger partial charge on any atom is 0.408 e. The molecule has 1 unspecified atom stereocenters. The van der Waals surface area contributed by atoms with Gasteiger partial charge in [-0.25, -0.2) is 14.8 Å². The Morgan fingerprint density at radius 1 is 1.00 bits per heavy atom. The minimum Gasteiger partial charge on any atom is -0.506 e. The van der Waals surface area contributed by atoms with E-state index in [0.717, 1.165) is 44.5 Å². The molecule has 278 valence electrons. The van der Waals surface area contributed by atoms with Crippen molar-refractivity contribution in [2.45, 2.75) is 50.6 Å². The summed E-state index contributed by atoms with van der Waals surface area (Å²) in [5.74, 6) is 1.50. The number of phenols is 1. The standard InChI is InChI=1S/C43H34N6O7/c1-20(2)33-40-48-36-37(56-40)43-26-10-6-9-24(23-12-13-29(50)35-32(23)25(17-44-35)31-18-45-39(36)54-31)34(26)49-41(43)55-30-14-11-22(15-27(30)43)16-28(38(51)47-33)46-42(52)53-19-21-7-4-3-5-8-21/h3-15,17-18,20,28,33,41,44,49-50H,16,19H2,1-2H3,(H,46,52)(H,47,51)/t28-,33-,41-,43?/m0/s1. The van der Waals surface area contributed by atoms with E-state index in [2.05, 4.69) is 27.0 Å². The number of nitrogens with zero attached hydrogens (tertiary/aromatic N) is 2. The summed E-state index contributed by atoms with van der Waals surface area (Å²) in [6.07, 6.45) is 2.20. The van der Waals surface area contributed by atoms with Gasteiger partial charge in [0.15, 0.2) is 23.4 Å². The molecule has 10 bridgehead atoms. The van der Waals surface area contributed by atoms with Crippen LogP contribution in [0.15, 0.2) is 100 Å². The van der Waals surface area contributed by atoms with Gasteiger partial charge in [-0.05, 0) is 40.8 Å². The summed E-state index contributed by atoms with van der Waals surface area (Å²) in [6, 6.07) is 23.1. The van der Waals surface area contributed by atoms with Gasteiger partial charge in [-0.2, -0.15) is 0 Å². The van der Waals surface area contributed by atoms with Gasteiger partial charge < -0.3 is 44.3 Å². The van der Waals surface area contributed by atoms with E-state index in [1.807, 2.05) is 80.6 Å². The van der Waals surface area contributed by atoms with Gasteiger partial charge in [0.1, 0.15) is 35.6 Å². The highest BCUT2D eigenvalue weighted by molar-refractivity contribution is 6.09. The highest BCUT2D eigenvalue weighted by Crippen LogP contribution is 2.61. The molecule has 0 radical (unpaired) electrons. The van der Waals surface area contributed by atoms with Crippen molar-refractivity contribution in [3.63, 3.8) is 0 Å². The number of benzene rings is 4. The van der Waals surface area contributed by atoms with Crippen LogP contribution in [0.3, 0.4) is 0 Å². The molecule has 2 amide bonds. The summed E-state index contributed by atoms with van der Waals surface area (Å²) in [6.45, 7) is 3.98. The van der Waals surface area contributed by atoms with Crippen LogP contribution in [0.25, 0.3) is 44.9 Å². The van der Waals surface area contributed by atoms with Crippen LogP contribution in [-0.2, 0) is 28.0 Å². The lowest BCUT2D eigenvalue weighted by molar-refractivity contribution is -0.124. The largest absolute Gasteiger partial charge is 0.506 e. The second-order valence-electron chi connectivity index (χ2n) is 15.0. The highest BCUT2D eigenvalue weighted by atomic mass is 16.5. The Bertz CT molecular complexity index is 2770. The zero-order valence-electron chi connectivity index (χ0n) is 30.2. The SMILES string of the molecule is CC(C)[C@@H]1NC(=O)[C@@H](NC(=O)OCc2ccccc2)Cc2ccc3c(c2)C24c5cccc(c5N[C@H]2O3)-c2ccc(O)c3[nH]cc(c23)-c2cnc(o2)-c2nc1oc24. The lowest BCUT2D eigenvalue weighted by Crippen LogP contribution is -2.49. The first-order chi connectivity index (χ1) is 27.3. The minimum absolute atomic E-state index is 0.0509. The number of H-pyrrole nitrogens is 1. The second-order valence-corrected chi connectivity index (χ2v) is 15.0. The summed E-state index contributed by atoms with van der Waals surface area (Å²) in [5.41, 5.74) is 6.40. The quantitative estimate of drug-likeness (QED) is 0.123. The maximum absolute atomic E-state index is 14.3. The van der Waals surface area contributed by atoms with Crippen molar-refractivity contribution in [1.82, 2.24) is 25.6 Å². The Morgan fingerprint density at radius 3 is 2.73 bits per heavy atom. The molecule has 3 aromatic heterocycles. The van der Waals surface area contributed by atoms with Crippen molar-refractivity contribution in [2.75, 3.05) is 5.32 Å². The van der Waals surface area contributed by atoms with E-state index in [9.17, 15) is 14.7 Å². The van der Waals surface area contributed by atoms with E-state index < -0.39 is 35.7 Å². The number of ether oxygens (including phenoxy) is 2. The van der Waals surface area contributed by atoms with Crippen LogP contribution < -0.4 is 20.7 Å². The number of hydrogen-bond acceptors (Lipinski definition) is 10. The van der Waals surface area contributed by atoms with E-state index in [1.54, 1.807) is 18.5 Å². The summed E-state index contributed by atoms with van der Waals surface area (Å²) < 4.78 is 26.0. The van der Waals surface area contributed by atoms with Crippen molar-refractivity contribution in [3.8, 4) is 45.5 Å². The molecule has 4 aromatic carbocycles. The molecule has 0 aliphatic carbocycles. The first kappa shape index (κ1) is 32.4. The molecule has 11 rings (SSSR count). The topological polar surface area (TPSA) is 177 Å². The average molecular weight is 747 g/mol. The van der Waals surface area contributed by atoms with E-state index >= 15 is 0 Å². The van der Waals surface area contributed by atoms with Gasteiger partial charge in [-0.1, -0.05) is 74.5 Å². The molecule has 13 heteroatoms. The molecule has 13 nitrogen and oxygen atoms in total. The Hall–Kier alpha value is -7.02. The van der Waals surface area contributed by atoms with Crippen LogP contribution in [0, 0.1) is 5.92 Å². The van der Waals surface area contributed by atoms with Gasteiger partial charge in [0.2, 0.25) is 17.7 Å². The fourth-order valence-corrected chi connectivity index (χ4v) is 8.81. The van der Waals surface area contributed by atoms with Gasteiger partial charge in [-0.15, -0.1) is 0 Å². The van der Waals surface area contributed by atoms with Gasteiger partial charge in [0.05, 0.1) is 11.7 Å². The summed E-state index contributed by atoms with van der Waals surface area (Å²) in [4.78, 5) is 40.6.